The smallest absolute Gasteiger partial charge is 0.193 e. The highest BCUT2D eigenvalue weighted by atomic mass is 127. The van der Waals surface area contributed by atoms with Crippen LogP contribution in [-0.4, -0.2) is 56.3 Å². The van der Waals surface area contributed by atoms with Crippen molar-refractivity contribution in [3.8, 4) is 0 Å². The van der Waals surface area contributed by atoms with Gasteiger partial charge in [-0.1, -0.05) is 30.3 Å². The van der Waals surface area contributed by atoms with E-state index < -0.39 is 0 Å². The van der Waals surface area contributed by atoms with Crippen molar-refractivity contribution >= 4 is 29.9 Å². The topological polar surface area (TPSA) is 48.9 Å². The van der Waals surface area contributed by atoms with Crippen molar-refractivity contribution in [3.63, 3.8) is 0 Å². The van der Waals surface area contributed by atoms with Crippen LogP contribution in [0.25, 0.3) is 0 Å². The lowest BCUT2D eigenvalue weighted by atomic mass is 10.0. The molecular formula is C21H37IN4O. The number of hydrogen-bond acceptors (Lipinski definition) is 3. The normalized spacial score (nSPS) is 18.9. The summed E-state index contributed by atoms with van der Waals surface area (Å²) >= 11 is 0. The number of aliphatic imine (C=N–C) groups is 1. The summed E-state index contributed by atoms with van der Waals surface area (Å²) in [6.07, 6.45) is 1.17. The Morgan fingerprint density at radius 2 is 2.04 bits per heavy atom. The van der Waals surface area contributed by atoms with E-state index in [2.05, 4.69) is 78.6 Å². The molecule has 6 heteroatoms. The molecule has 1 aromatic rings. The maximum atomic E-state index is 5.58. The SMILES string of the molecule is CCOCC1CCN(C(=NC)NCC(C)(C)NC(C)c2ccccc2)C1.I. The second-order valence-corrected chi connectivity index (χ2v) is 7.82. The molecule has 0 spiro atoms. The molecule has 2 atom stereocenters. The first-order valence-corrected chi connectivity index (χ1v) is 9.81. The first kappa shape index (κ1) is 24.2. The number of benzene rings is 1. The Kier molecular flexibility index (Phi) is 10.6. The number of guanidine groups is 1. The molecule has 0 aromatic heterocycles. The Balaban J connectivity index is 0.00000364. The molecule has 1 aromatic carbocycles. The predicted molar refractivity (Wildman–Crippen MR) is 125 cm³/mol. The molecule has 0 saturated carbocycles. The summed E-state index contributed by atoms with van der Waals surface area (Å²) in [7, 11) is 1.87. The molecule has 1 fully saturated rings. The zero-order valence-corrected chi connectivity index (χ0v) is 19.8. The number of rotatable bonds is 8. The molecule has 2 N–H and O–H groups in total. The van der Waals surface area contributed by atoms with Gasteiger partial charge in [-0.05, 0) is 39.7 Å². The number of ether oxygens (including phenoxy) is 1. The van der Waals surface area contributed by atoms with Gasteiger partial charge in [0.1, 0.15) is 0 Å². The fourth-order valence-electron chi connectivity index (χ4n) is 3.54. The molecule has 1 aliphatic rings. The largest absolute Gasteiger partial charge is 0.381 e. The van der Waals surface area contributed by atoms with Crippen molar-refractivity contribution in [1.29, 1.82) is 0 Å². The molecule has 2 unspecified atom stereocenters. The van der Waals surface area contributed by atoms with E-state index in [1.54, 1.807) is 0 Å². The first-order chi connectivity index (χ1) is 12.4. The van der Waals surface area contributed by atoms with Gasteiger partial charge in [0.25, 0.3) is 0 Å². The summed E-state index contributed by atoms with van der Waals surface area (Å²) in [5.41, 5.74) is 1.26. The molecule has 1 aliphatic heterocycles. The summed E-state index contributed by atoms with van der Waals surface area (Å²) in [6, 6.07) is 10.9. The Hall–Kier alpha value is -0.860. The summed E-state index contributed by atoms with van der Waals surface area (Å²) in [5.74, 6) is 1.60. The average molecular weight is 488 g/mol. The van der Waals surface area contributed by atoms with Crippen molar-refractivity contribution in [2.45, 2.75) is 45.7 Å². The van der Waals surface area contributed by atoms with Crippen LogP contribution in [0, 0.1) is 5.92 Å². The fourth-order valence-corrected chi connectivity index (χ4v) is 3.54. The number of nitrogens with one attached hydrogen (secondary N) is 2. The highest BCUT2D eigenvalue weighted by Crippen LogP contribution is 2.18. The third-order valence-electron chi connectivity index (χ3n) is 4.95. The molecular weight excluding hydrogens is 451 g/mol. The number of likely N-dealkylation sites (tertiary alicyclic amines) is 1. The Bertz CT molecular complexity index is 565. The lowest BCUT2D eigenvalue weighted by Crippen LogP contribution is -2.52. The lowest BCUT2D eigenvalue weighted by molar-refractivity contribution is 0.114. The average Bonchev–Trinajstić information content (AvgIpc) is 3.09. The Labute approximate surface area is 182 Å². The van der Waals surface area contributed by atoms with Gasteiger partial charge in [0, 0.05) is 50.8 Å². The highest BCUT2D eigenvalue weighted by Gasteiger charge is 2.27. The minimum Gasteiger partial charge on any atom is -0.381 e. The van der Waals surface area contributed by atoms with Gasteiger partial charge in [-0.2, -0.15) is 0 Å². The molecule has 0 amide bonds. The quantitative estimate of drug-likeness (QED) is 0.333. The van der Waals surface area contributed by atoms with Crippen LogP contribution in [0.1, 0.15) is 45.7 Å². The van der Waals surface area contributed by atoms with Crippen LogP contribution >= 0.6 is 24.0 Å². The Morgan fingerprint density at radius 3 is 2.67 bits per heavy atom. The van der Waals surface area contributed by atoms with Gasteiger partial charge in [0.05, 0.1) is 6.61 Å². The fraction of sp³-hybridized carbons (Fsp3) is 0.667. The summed E-state index contributed by atoms with van der Waals surface area (Å²) in [5, 5.41) is 7.28. The van der Waals surface area contributed by atoms with Crippen LogP contribution in [-0.2, 0) is 4.74 Å². The van der Waals surface area contributed by atoms with Crippen LogP contribution in [0.4, 0.5) is 0 Å². The van der Waals surface area contributed by atoms with E-state index in [0.29, 0.717) is 12.0 Å². The second-order valence-electron chi connectivity index (χ2n) is 7.82. The van der Waals surface area contributed by atoms with E-state index in [-0.39, 0.29) is 29.5 Å². The lowest BCUT2D eigenvalue weighted by Gasteiger charge is -2.32. The summed E-state index contributed by atoms with van der Waals surface area (Å²) in [4.78, 5) is 6.84. The zero-order chi connectivity index (χ0) is 19.0. The molecule has 27 heavy (non-hydrogen) atoms. The van der Waals surface area contributed by atoms with E-state index >= 15 is 0 Å². The van der Waals surface area contributed by atoms with Crippen LogP contribution in [0.3, 0.4) is 0 Å². The summed E-state index contributed by atoms with van der Waals surface area (Å²) < 4.78 is 5.58. The van der Waals surface area contributed by atoms with Gasteiger partial charge < -0.3 is 20.3 Å². The van der Waals surface area contributed by atoms with E-state index in [1.807, 2.05) is 7.05 Å². The maximum absolute atomic E-state index is 5.58. The number of nitrogens with zero attached hydrogens (tertiary/aromatic N) is 2. The van der Waals surface area contributed by atoms with Gasteiger partial charge in [-0.25, -0.2) is 0 Å². The van der Waals surface area contributed by atoms with Gasteiger partial charge in [-0.3, -0.25) is 4.99 Å². The zero-order valence-electron chi connectivity index (χ0n) is 17.5. The highest BCUT2D eigenvalue weighted by molar-refractivity contribution is 14.0. The number of halogens is 1. The van der Waals surface area contributed by atoms with Crippen molar-refractivity contribution in [2.75, 3.05) is 39.9 Å². The summed E-state index contributed by atoms with van der Waals surface area (Å²) in [6.45, 7) is 13.3. The van der Waals surface area contributed by atoms with E-state index in [4.69, 9.17) is 4.74 Å². The molecule has 0 radical (unpaired) electrons. The number of hydrogen-bond donors (Lipinski definition) is 2. The second kappa shape index (κ2) is 11.9. The molecule has 0 bridgehead atoms. The van der Waals surface area contributed by atoms with Crippen LogP contribution in [0.15, 0.2) is 35.3 Å². The monoisotopic (exact) mass is 488 g/mol. The minimum absolute atomic E-state index is 0. The van der Waals surface area contributed by atoms with Crippen molar-refractivity contribution in [3.05, 3.63) is 35.9 Å². The molecule has 2 rings (SSSR count). The van der Waals surface area contributed by atoms with Gasteiger partial charge in [0.15, 0.2) is 5.96 Å². The van der Waals surface area contributed by atoms with E-state index in [1.165, 1.54) is 12.0 Å². The maximum Gasteiger partial charge on any atom is 0.193 e. The third-order valence-corrected chi connectivity index (χ3v) is 4.95. The first-order valence-electron chi connectivity index (χ1n) is 9.81. The Morgan fingerprint density at radius 1 is 1.33 bits per heavy atom. The predicted octanol–water partition coefficient (Wildman–Crippen LogP) is 3.67. The van der Waals surface area contributed by atoms with Crippen LogP contribution < -0.4 is 10.6 Å². The van der Waals surface area contributed by atoms with Crippen LogP contribution in [0.5, 0.6) is 0 Å². The van der Waals surface area contributed by atoms with E-state index in [9.17, 15) is 0 Å². The molecule has 154 valence electrons. The van der Waals surface area contributed by atoms with E-state index in [0.717, 1.165) is 38.8 Å². The van der Waals surface area contributed by atoms with Gasteiger partial charge in [0.2, 0.25) is 0 Å². The molecule has 1 heterocycles. The minimum atomic E-state index is -0.0460. The van der Waals surface area contributed by atoms with Crippen molar-refractivity contribution in [1.82, 2.24) is 15.5 Å². The van der Waals surface area contributed by atoms with Crippen molar-refractivity contribution in [2.24, 2.45) is 10.9 Å². The van der Waals surface area contributed by atoms with Crippen LogP contribution in [0.2, 0.25) is 0 Å². The van der Waals surface area contributed by atoms with Gasteiger partial charge >= 0.3 is 0 Å². The third kappa shape index (κ3) is 7.95. The molecule has 0 aliphatic carbocycles. The van der Waals surface area contributed by atoms with Crippen molar-refractivity contribution < 1.29 is 4.74 Å². The molecule has 5 nitrogen and oxygen atoms in total. The standard InChI is InChI=1S/C21H36N4O.HI/c1-6-26-15-18-12-13-25(14-18)20(22-5)23-16-21(3,4)24-17(2)19-10-8-7-9-11-19;/h7-11,17-18,24H,6,12-16H2,1-5H3,(H,22,23);1H. The van der Waals surface area contributed by atoms with Gasteiger partial charge in [-0.15, -0.1) is 24.0 Å². The molecule has 1 saturated heterocycles.